The standard InChI is InChI=1S/2C11H20O2.C6H14O3/c2*1-2-3-4-5-6-7-8-9-10-11(12)13;1-2-6(3-7,4-8)5-9/h2*2H,1,3-10H2,(H,12,13);7-9H,2-5H2,1H3. The molecule has 0 aliphatic heterocycles. The van der Waals surface area contributed by atoms with Crippen LogP contribution in [-0.2, 0) is 9.59 Å². The highest BCUT2D eigenvalue weighted by Gasteiger charge is 2.24. The van der Waals surface area contributed by atoms with Crippen molar-refractivity contribution < 1.29 is 35.1 Å². The lowest BCUT2D eigenvalue weighted by Gasteiger charge is -2.24. The molecule has 35 heavy (non-hydrogen) atoms. The van der Waals surface area contributed by atoms with Crippen molar-refractivity contribution in [2.75, 3.05) is 19.8 Å². The first-order valence-corrected chi connectivity index (χ1v) is 13.3. The van der Waals surface area contributed by atoms with Crippen molar-refractivity contribution in [3.05, 3.63) is 25.3 Å². The van der Waals surface area contributed by atoms with Gasteiger partial charge in [-0.1, -0.05) is 70.4 Å². The van der Waals surface area contributed by atoms with Gasteiger partial charge in [-0.2, -0.15) is 0 Å². The fourth-order valence-electron chi connectivity index (χ4n) is 3.03. The molecule has 0 rings (SSSR count). The molecular weight excluding hydrogens is 448 g/mol. The number of aliphatic hydroxyl groups is 3. The Bertz CT molecular complexity index is 436. The van der Waals surface area contributed by atoms with E-state index in [2.05, 4.69) is 13.2 Å². The summed E-state index contributed by atoms with van der Waals surface area (Å²) in [5.74, 6) is -1.35. The highest BCUT2D eigenvalue weighted by atomic mass is 16.4. The minimum atomic E-state index is -0.674. The number of aliphatic hydroxyl groups excluding tert-OH is 3. The fourth-order valence-corrected chi connectivity index (χ4v) is 3.03. The van der Waals surface area contributed by atoms with E-state index in [4.69, 9.17) is 25.5 Å². The van der Waals surface area contributed by atoms with Gasteiger partial charge in [0.15, 0.2) is 0 Å². The number of carboxylic acid groups (broad SMARTS) is 2. The third kappa shape index (κ3) is 32.3. The van der Waals surface area contributed by atoms with Crippen LogP contribution in [0, 0.1) is 5.41 Å². The van der Waals surface area contributed by atoms with Gasteiger partial charge in [-0.25, -0.2) is 0 Å². The summed E-state index contributed by atoms with van der Waals surface area (Å²) in [6.45, 7) is 8.68. The molecule has 0 unspecified atom stereocenters. The molecule has 5 N–H and O–H groups in total. The Morgan fingerprint density at radius 3 is 1.09 bits per heavy atom. The smallest absolute Gasteiger partial charge is 0.303 e. The number of aliphatic carboxylic acids is 2. The first-order chi connectivity index (χ1) is 16.8. The maximum absolute atomic E-state index is 10.2. The molecule has 0 bridgehead atoms. The number of rotatable bonds is 22. The Labute approximate surface area is 214 Å². The summed E-state index contributed by atoms with van der Waals surface area (Å²) in [4.78, 5) is 20.3. The molecule has 0 saturated heterocycles. The van der Waals surface area contributed by atoms with Gasteiger partial charge >= 0.3 is 11.9 Å². The zero-order valence-electron chi connectivity index (χ0n) is 22.3. The quantitative estimate of drug-likeness (QED) is 0.0889. The third-order valence-electron chi connectivity index (χ3n) is 5.85. The molecule has 0 heterocycles. The van der Waals surface area contributed by atoms with E-state index < -0.39 is 17.4 Å². The van der Waals surface area contributed by atoms with Crippen molar-refractivity contribution in [3.63, 3.8) is 0 Å². The van der Waals surface area contributed by atoms with Crippen molar-refractivity contribution in [3.8, 4) is 0 Å². The second-order valence-electron chi connectivity index (χ2n) is 9.01. The first-order valence-electron chi connectivity index (χ1n) is 13.3. The number of allylic oxidation sites excluding steroid dienone is 2. The van der Waals surface area contributed by atoms with E-state index in [0.29, 0.717) is 19.3 Å². The van der Waals surface area contributed by atoms with E-state index in [-0.39, 0.29) is 19.8 Å². The molecule has 0 aliphatic rings. The van der Waals surface area contributed by atoms with Crippen LogP contribution in [-0.4, -0.2) is 57.3 Å². The SMILES string of the molecule is C=CCCCCCCCCC(=O)O.C=CCCCCCCCCC(=O)O.CCC(CO)(CO)CO. The van der Waals surface area contributed by atoms with Crippen molar-refractivity contribution in [2.24, 2.45) is 5.41 Å². The van der Waals surface area contributed by atoms with Gasteiger partial charge in [0.1, 0.15) is 0 Å². The van der Waals surface area contributed by atoms with Gasteiger partial charge in [0.05, 0.1) is 19.8 Å². The largest absolute Gasteiger partial charge is 0.481 e. The van der Waals surface area contributed by atoms with Crippen molar-refractivity contribution in [2.45, 2.75) is 116 Å². The third-order valence-corrected chi connectivity index (χ3v) is 5.85. The average molecular weight is 503 g/mol. The molecule has 0 atom stereocenters. The van der Waals surface area contributed by atoms with Crippen LogP contribution in [0.4, 0.5) is 0 Å². The fraction of sp³-hybridized carbons (Fsp3) is 0.786. The highest BCUT2D eigenvalue weighted by molar-refractivity contribution is 5.66. The van der Waals surface area contributed by atoms with Gasteiger partial charge in [-0.15, -0.1) is 13.2 Å². The molecular formula is C28H54O7. The van der Waals surface area contributed by atoms with Crippen LogP contribution in [0.1, 0.15) is 116 Å². The van der Waals surface area contributed by atoms with Crippen LogP contribution in [0.15, 0.2) is 25.3 Å². The lowest BCUT2D eigenvalue weighted by Crippen LogP contribution is -2.32. The summed E-state index contributed by atoms with van der Waals surface area (Å²) in [6, 6.07) is 0. The van der Waals surface area contributed by atoms with Crippen molar-refractivity contribution in [1.29, 1.82) is 0 Å². The normalized spacial score (nSPS) is 10.4. The van der Waals surface area contributed by atoms with Crippen LogP contribution in [0.5, 0.6) is 0 Å². The van der Waals surface area contributed by atoms with Crippen LogP contribution >= 0.6 is 0 Å². The van der Waals surface area contributed by atoms with Crippen LogP contribution < -0.4 is 0 Å². The summed E-state index contributed by atoms with van der Waals surface area (Å²) in [5, 5.41) is 42.7. The predicted octanol–water partition coefficient (Wildman–Crippen LogP) is 6.12. The predicted molar refractivity (Wildman–Crippen MR) is 144 cm³/mol. The molecule has 0 aromatic heterocycles. The van der Waals surface area contributed by atoms with E-state index in [9.17, 15) is 9.59 Å². The minimum absolute atomic E-state index is 0.156. The molecule has 0 aromatic rings. The van der Waals surface area contributed by atoms with E-state index in [1.165, 1.54) is 51.4 Å². The Morgan fingerprint density at radius 1 is 0.600 bits per heavy atom. The maximum atomic E-state index is 10.2. The van der Waals surface area contributed by atoms with Crippen molar-refractivity contribution in [1.82, 2.24) is 0 Å². The number of unbranched alkanes of at least 4 members (excludes halogenated alkanes) is 12. The van der Waals surface area contributed by atoms with Gasteiger partial charge in [-0.3, -0.25) is 9.59 Å². The molecule has 0 spiro atoms. The lowest BCUT2D eigenvalue weighted by atomic mass is 9.88. The van der Waals surface area contributed by atoms with E-state index in [1.54, 1.807) is 0 Å². The average Bonchev–Trinajstić information content (AvgIpc) is 2.85. The number of carboxylic acids is 2. The molecule has 7 nitrogen and oxygen atoms in total. The maximum Gasteiger partial charge on any atom is 0.303 e. The van der Waals surface area contributed by atoms with E-state index >= 15 is 0 Å². The lowest BCUT2D eigenvalue weighted by molar-refractivity contribution is -0.138. The second kappa shape index (κ2) is 30.3. The first kappa shape index (κ1) is 37.8. The van der Waals surface area contributed by atoms with Crippen LogP contribution in [0.3, 0.4) is 0 Å². The van der Waals surface area contributed by atoms with Gasteiger partial charge in [0, 0.05) is 18.3 Å². The molecule has 0 radical (unpaired) electrons. The molecule has 0 aliphatic carbocycles. The van der Waals surface area contributed by atoms with Crippen LogP contribution in [0.25, 0.3) is 0 Å². The molecule has 0 aromatic carbocycles. The Morgan fingerprint density at radius 2 is 0.886 bits per heavy atom. The molecule has 0 saturated carbocycles. The summed E-state index contributed by atoms with van der Waals surface area (Å²) in [5.41, 5.74) is -0.667. The molecule has 0 fully saturated rings. The number of hydrogen-bond acceptors (Lipinski definition) is 5. The van der Waals surface area contributed by atoms with Gasteiger partial charge < -0.3 is 25.5 Å². The summed E-state index contributed by atoms with van der Waals surface area (Å²) >= 11 is 0. The van der Waals surface area contributed by atoms with E-state index in [1.807, 2.05) is 19.1 Å². The zero-order chi connectivity index (χ0) is 27.2. The molecule has 7 heteroatoms. The number of hydrogen-bond donors (Lipinski definition) is 5. The summed E-state index contributed by atoms with van der Waals surface area (Å²) in [7, 11) is 0. The Hall–Kier alpha value is -1.70. The Kier molecular flexibility index (Phi) is 32.8. The van der Waals surface area contributed by atoms with Gasteiger partial charge in [0.25, 0.3) is 0 Å². The van der Waals surface area contributed by atoms with Crippen LogP contribution in [0.2, 0.25) is 0 Å². The number of carbonyl (C=O) groups is 2. The molecule has 208 valence electrons. The van der Waals surface area contributed by atoms with Gasteiger partial charge in [0.2, 0.25) is 0 Å². The summed E-state index contributed by atoms with van der Waals surface area (Å²) < 4.78 is 0. The van der Waals surface area contributed by atoms with Gasteiger partial charge in [-0.05, 0) is 44.9 Å². The van der Waals surface area contributed by atoms with Crippen molar-refractivity contribution >= 4 is 11.9 Å². The monoisotopic (exact) mass is 502 g/mol. The summed E-state index contributed by atoms with van der Waals surface area (Å²) in [6.07, 6.45) is 20.9. The zero-order valence-corrected chi connectivity index (χ0v) is 22.3. The minimum Gasteiger partial charge on any atom is -0.481 e. The second-order valence-corrected chi connectivity index (χ2v) is 9.01. The Balaban J connectivity index is -0.000000448. The topological polar surface area (TPSA) is 135 Å². The van der Waals surface area contributed by atoms with E-state index in [0.717, 1.165) is 38.5 Å². The molecule has 0 amide bonds. The highest BCUT2D eigenvalue weighted by Crippen LogP contribution is 2.18.